The van der Waals surface area contributed by atoms with E-state index in [-0.39, 0.29) is 17.6 Å². The molecule has 22 heavy (non-hydrogen) atoms. The SMILES string of the molecule is NC(=O)CSc1ccccc1C(=O)NCCC1=CCCCC1. The van der Waals surface area contributed by atoms with Crippen molar-refractivity contribution in [2.24, 2.45) is 5.73 Å². The number of amides is 2. The van der Waals surface area contributed by atoms with Crippen LogP contribution in [0.3, 0.4) is 0 Å². The maximum Gasteiger partial charge on any atom is 0.252 e. The summed E-state index contributed by atoms with van der Waals surface area (Å²) in [6.07, 6.45) is 8.07. The predicted molar refractivity (Wildman–Crippen MR) is 89.9 cm³/mol. The highest BCUT2D eigenvalue weighted by molar-refractivity contribution is 8.00. The summed E-state index contributed by atoms with van der Waals surface area (Å²) in [5, 5.41) is 2.97. The third kappa shape index (κ3) is 5.22. The summed E-state index contributed by atoms with van der Waals surface area (Å²) in [5.41, 5.74) is 7.21. The minimum atomic E-state index is -0.385. The van der Waals surface area contributed by atoms with E-state index in [0.29, 0.717) is 12.1 Å². The largest absolute Gasteiger partial charge is 0.369 e. The Bertz CT molecular complexity index is 570. The van der Waals surface area contributed by atoms with E-state index in [0.717, 1.165) is 24.2 Å². The van der Waals surface area contributed by atoms with Gasteiger partial charge < -0.3 is 11.1 Å². The number of benzene rings is 1. The van der Waals surface area contributed by atoms with Gasteiger partial charge in [0.2, 0.25) is 5.91 Å². The van der Waals surface area contributed by atoms with E-state index in [1.807, 2.05) is 18.2 Å². The van der Waals surface area contributed by atoms with Crippen LogP contribution in [0, 0.1) is 0 Å². The highest BCUT2D eigenvalue weighted by Gasteiger charge is 2.12. The fourth-order valence-corrected chi connectivity index (χ4v) is 3.28. The van der Waals surface area contributed by atoms with E-state index in [4.69, 9.17) is 5.73 Å². The van der Waals surface area contributed by atoms with Gasteiger partial charge in [-0.2, -0.15) is 0 Å². The van der Waals surface area contributed by atoms with Crippen molar-refractivity contribution in [1.82, 2.24) is 5.32 Å². The lowest BCUT2D eigenvalue weighted by Crippen LogP contribution is -2.25. The molecular weight excluding hydrogens is 296 g/mol. The number of carbonyl (C=O) groups excluding carboxylic acids is 2. The van der Waals surface area contributed by atoms with Crippen LogP contribution in [0.1, 0.15) is 42.5 Å². The molecule has 0 radical (unpaired) electrons. The Hall–Kier alpha value is -1.75. The lowest BCUT2D eigenvalue weighted by molar-refractivity contribution is -0.115. The zero-order chi connectivity index (χ0) is 15.8. The van der Waals surface area contributed by atoms with Crippen LogP contribution in [0.15, 0.2) is 40.8 Å². The maximum absolute atomic E-state index is 12.3. The summed E-state index contributed by atoms with van der Waals surface area (Å²) in [4.78, 5) is 24.0. The molecule has 3 N–H and O–H groups in total. The normalized spacial score (nSPS) is 14.3. The first kappa shape index (κ1) is 16.6. The van der Waals surface area contributed by atoms with Gasteiger partial charge in [0.15, 0.2) is 0 Å². The Morgan fingerprint density at radius 1 is 1.23 bits per heavy atom. The topological polar surface area (TPSA) is 72.2 Å². The Kier molecular flexibility index (Phi) is 6.52. The summed E-state index contributed by atoms with van der Waals surface area (Å²) < 4.78 is 0. The number of carbonyl (C=O) groups is 2. The van der Waals surface area contributed by atoms with E-state index < -0.39 is 0 Å². The number of nitrogens with two attached hydrogens (primary N) is 1. The molecule has 0 bridgehead atoms. The van der Waals surface area contributed by atoms with E-state index >= 15 is 0 Å². The van der Waals surface area contributed by atoms with Gasteiger partial charge in [-0.1, -0.05) is 23.8 Å². The molecule has 0 saturated carbocycles. The predicted octanol–water partition coefficient (Wildman–Crippen LogP) is 2.88. The monoisotopic (exact) mass is 318 g/mol. The van der Waals surface area contributed by atoms with Crippen molar-refractivity contribution in [2.45, 2.75) is 37.0 Å². The standard InChI is InChI=1S/C17H22N2O2S/c18-16(20)12-22-15-9-5-4-8-14(15)17(21)19-11-10-13-6-2-1-3-7-13/h4-6,8-9H,1-3,7,10-12H2,(H2,18,20)(H,19,21). The second kappa shape index (κ2) is 8.63. The van der Waals surface area contributed by atoms with Crippen molar-refractivity contribution in [2.75, 3.05) is 12.3 Å². The first-order chi connectivity index (χ1) is 10.7. The van der Waals surface area contributed by atoms with E-state index in [1.165, 1.54) is 30.2 Å². The molecule has 1 aliphatic carbocycles. The summed E-state index contributed by atoms with van der Waals surface area (Å²) >= 11 is 1.30. The zero-order valence-electron chi connectivity index (χ0n) is 12.6. The highest BCUT2D eigenvalue weighted by atomic mass is 32.2. The molecule has 1 aromatic rings. The molecule has 0 saturated heterocycles. The number of hydrogen-bond acceptors (Lipinski definition) is 3. The molecule has 4 nitrogen and oxygen atoms in total. The average molecular weight is 318 g/mol. The molecular formula is C17H22N2O2S. The van der Waals surface area contributed by atoms with Crippen molar-refractivity contribution < 1.29 is 9.59 Å². The van der Waals surface area contributed by atoms with Crippen LogP contribution in [0.2, 0.25) is 0 Å². The number of nitrogens with one attached hydrogen (secondary N) is 1. The van der Waals surface area contributed by atoms with Gasteiger partial charge in [-0.15, -0.1) is 11.8 Å². The summed E-state index contributed by atoms with van der Waals surface area (Å²) in [7, 11) is 0. The second-order valence-corrected chi connectivity index (χ2v) is 6.38. The molecule has 0 fully saturated rings. The van der Waals surface area contributed by atoms with Crippen LogP contribution in [-0.2, 0) is 4.79 Å². The first-order valence-corrected chi connectivity index (χ1v) is 8.61. The zero-order valence-corrected chi connectivity index (χ0v) is 13.5. The molecule has 5 heteroatoms. The minimum Gasteiger partial charge on any atom is -0.369 e. The van der Waals surface area contributed by atoms with Gasteiger partial charge in [0.25, 0.3) is 5.91 Å². The highest BCUT2D eigenvalue weighted by Crippen LogP contribution is 2.23. The Morgan fingerprint density at radius 3 is 2.77 bits per heavy atom. The van der Waals surface area contributed by atoms with Crippen LogP contribution in [-0.4, -0.2) is 24.1 Å². The maximum atomic E-state index is 12.3. The van der Waals surface area contributed by atoms with Gasteiger partial charge in [0, 0.05) is 11.4 Å². The van der Waals surface area contributed by atoms with Crippen molar-refractivity contribution in [3.63, 3.8) is 0 Å². The molecule has 0 unspecified atom stereocenters. The lowest BCUT2D eigenvalue weighted by Gasteiger charge is -2.13. The van der Waals surface area contributed by atoms with Crippen LogP contribution < -0.4 is 11.1 Å². The molecule has 0 atom stereocenters. The van der Waals surface area contributed by atoms with Crippen LogP contribution in [0.25, 0.3) is 0 Å². The Labute approximate surface area is 135 Å². The number of hydrogen-bond donors (Lipinski definition) is 2. The van der Waals surface area contributed by atoms with Gasteiger partial charge in [0.05, 0.1) is 11.3 Å². The third-order valence-electron chi connectivity index (χ3n) is 3.62. The van der Waals surface area contributed by atoms with E-state index in [9.17, 15) is 9.59 Å². The molecule has 0 heterocycles. The number of thioether (sulfide) groups is 1. The van der Waals surface area contributed by atoms with Crippen molar-refractivity contribution in [3.05, 3.63) is 41.5 Å². The second-order valence-electron chi connectivity index (χ2n) is 5.37. The summed E-state index contributed by atoms with van der Waals surface area (Å²) in [6, 6.07) is 7.30. The molecule has 0 aromatic heterocycles. The fraction of sp³-hybridized carbons (Fsp3) is 0.412. The molecule has 118 valence electrons. The molecule has 2 amide bonds. The quantitative estimate of drug-likeness (QED) is 0.600. The number of rotatable bonds is 7. The minimum absolute atomic E-state index is 0.0935. The van der Waals surface area contributed by atoms with Gasteiger partial charge >= 0.3 is 0 Å². The third-order valence-corrected chi connectivity index (χ3v) is 4.71. The van der Waals surface area contributed by atoms with Gasteiger partial charge in [-0.25, -0.2) is 0 Å². The van der Waals surface area contributed by atoms with Crippen molar-refractivity contribution in [3.8, 4) is 0 Å². The molecule has 2 rings (SSSR count). The van der Waals surface area contributed by atoms with E-state index in [1.54, 1.807) is 6.07 Å². The van der Waals surface area contributed by atoms with Crippen molar-refractivity contribution >= 4 is 23.6 Å². The summed E-state index contributed by atoms with van der Waals surface area (Å²) in [6.45, 7) is 0.652. The van der Waals surface area contributed by atoms with Gasteiger partial charge in [-0.05, 0) is 44.2 Å². The fourth-order valence-electron chi connectivity index (χ4n) is 2.49. The Morgan fingerprint density at radius 2 is 2.05 bits per heavy atom. The van der Waals surface area contributed by atoms with Crippen molar-refractivity contribution in [1.29, 1.82) is 0 Å². The lowest BCUT2D eigenvalue weighted by atomic mass is 9.97. The smallest absolute Gasteiger partial charge is 0.252 e. The molecule has 0 spiro atoms. The molecule has 0 aliphatic heterocycles. The number of allylic oxidation sites excluding steroid dienone is 1. The number of primary amides is 1. The van der Waals surface area contributed by atoms with Gasteiger partial charge in [-0.3, -0.25) is 9.59 Å². The Balaban J connectivity index is 1.88. The summed E-state index contributed by atoms with van der Waals surface area (Å²) in [5.74, 6) is -0.301. The average Bonchev–Trinajstić information content (AvgIpc) is 2.54. The van der Waals surface area contributed by atoms with Crippen LogP contribution in [0.4, 0.5) is 0 Å². The van der Waals surface area contributed by atoms with Gasteiger partial charge in [0.1, 0.15) is 0 Å². The van der Waals surface area contributed by atoms with E-state index in [2.05, 4.69) is 11.4 Å². The van der Waals surface area contributed by atoms with Crippen LogP contribution in [0.5, 0.6) is 0 Å². The molecule has 1 aliphatic rings. The molecule has 1 aromatic carbocycles. The van der Waals surface area contributed by atoms with Crippen LogP contribution >= 0.6 is 11.8 Å². The first-order valence-electron chi connectivity index (χ1n) is 7.63.